The molecule has 2 amide bonds. The molecule has 0 bridgehead atoms. The van der Waals surface area contributed by atoms with Crippen LogP contribution in [0.3, 0.4) is 0 Å². The van der Waals surface area contributed by atoms with E-state index >= 15 is 0 Å². The third-order valence-corrected chi connectivity index (χ3v) is 4.24. The van der Waals surface area contributed by atoms with Crippen molar-refractivity contribution < 1.29 is 4.79 Å². The smallest absolute Gasteiger partial charge is 0.312 e. The highest BCUT2D eigenvalue weighted by Crippen LogP contribution is 2.37. The summed E-state index contributed by atoms with van der Waals surface area (Å²) in [5, 5.41) is 5.99. The van der Waals surface area contributed by atoms with E-state index in [1.54, 1.807) is 11.3 Å². The molecule has 4 nitrogen and oxygen atoms in total. The molecule has 0 saturated heterocycles. The molecule has 1 unspecified atom stereocenters. The van der Waals surface area contributed by atoms with Crippen molar-refractivity contribution >= 4 is 29.0 Å². The molecule has 0 saturated carbocycles. The number of aryl methyl sites for hydroxylation is 1. The third kappa shape index (κ3) is 3.34. The van der Waals surface area contributed by atoms with Gasteiger partial charge >= 0.3 is 6.03 Å². The Morgan fingerprint density at radius 2 is 2.41 bits per heavy atom. The molecule has 17 heavy (non-hydrogen) atoms. The lowest BCUT2D eigenvalue weighted by Gasteiger charge is -2.23. The fourth-order valence-corrected chi connectivity index (χ4v) is 3.55. The Hall–Kier alpha value is -0.780. The van der Waals surface area contributed by atoms with Gasteiger partial charge in [0.15, 0.2) is 0 Å². The molecule has 1 heterocycles. The van der Waals surface area contributed by atoms with Crippen LogP contribution in [-0.2, 0) is 6.42 Å². The molecule has 1 aromatic rings. The van der Waals surface area contributed by atoms with Crippen molar-refractivity contribution in [2.45, 2.75) is 25.3 Å². The van der Waals surface area contributed by atoms with Gasteiger partial charge in [-0.1, -0.05) is 11.6 Å². The number of fused-ring (bicyclic) bond motifs is 1. The van der Waals surface area contributed by atoms with Gasteiger partial charge in [0.05, 0.1) is 4.34 Å². The summed E-state index contributed by atoms with van der Waals surface area (Å²) in [6.07, 6.45) is 3.44. The number of primary amides is 1. The summed E-state index contributed by atoms with van der Waals surface area (Å²) >= 11 is 7.71. The normalized spacial score (nSPS) is 18.8. The number of nitrogens with two attached hydrogens (primary N) is 1. The number of hydrogen-bond acceptors (Lipinski definition) is 3. The lowest BCUT2D eigenvalue weighted by atomic mass is 9.94. The van der Waals surface area contributed by atoms with E-state index in [4.69, 9.17) is 17.3 Å². The number of amides is 2. The zero-order valence-electron chi connectivity index (χ0n) is 9.46. The second-order valence-electron chi connectivity index (χ2n) is 4.12. The summed E-state index contributed by atoms with van der Waals surface area (Å²) in [6.45, 7) is 1.28. The molecule has 94 valence electrons. The van der Waals surface area contributed by atoms with Crippen LogP contribution in [0.15, 0.2) is 6.07 Å². The first-order valence-corrected chi connectivity index (χ1v) is 6.91. The van der Waals surface area contributed by atoms with Crippen LogP contribution in [0.1, 0.15) is 29.3 Å². The molecular formula is C11H16ClN3OS. The molecule has 0 radical (unpaired) electrons. The quantitative estimate of drug-likeness (QED) is 0.735. The molecular weight excluding hydrogens is 258 g/mol. The number of thiophene rings is 1. The second kappa shape index (κ2) is 5.71. The second-order valence-corrected chi connectivity index (χ2v) is 5.89. The number of carbonyl (C=O) groups is 1. The topological polar surface area (TPSA) is 67.2 Å². The number of rotatable bonds is 4. The Balaban J connectivity index is 1.88. The van der Waals surface area contributed by atoms with Crippen LogP contribution in [0, 0.1) is 0 Å². The van der Waals surface area contributed by atoms with Gasteiger partial charge < -0.3 is 16.4 Å². The van der Waals surface area contributed by atoms with Crippen molar-refractivity contribution in [3.8, 4) is 0 Å². The maximum Gasteiger partial charge on any atom is 0.312 e. The molecule has 0 spiro atoms. The van der Waals surface area contributed by atoms with Crippen LogP contribution in [0.2, 0.25) is 4.34 Å². The predicted octanol–water partition coefficient (Wildman–Crippen LogP) is 2.04. The summed E-state index contributed by atoms with van der Waals surface area (Å²) in [4.78, 5) is 11.9. The number of nitrogens with one attached hydrogen (secondary N) is 2. The maximum absolute atomic E-state index is 10.5. The van der Waals surface area contributed by atoms with Gasteiger partial charge in [-0.3, -0.25) is 0 Å². The SMILES string of the molecule is NC(=O)NCCNC1CCCc2sc(Cl)cc21. The summed E-state index contributed by atoms with van der Waals surface area (Å²) in [5.41, 5.74) is 6.32. The van der Waals surface area contributed by atoms with Gasteiger partial charge in [-0.15, -0.1) is 11.3 Å². The molecule has 2 rings (SSSR count). The van der Waals surface area contributed by atoms with Gasteiger partial charge in [0.25, 0.3) is 0 Å². The number of urea groups is 1. The first-order valence-electron chi connectivity index (χ1n) is 5.71. The molecule has 0 fully saturated rings. The van der Waals surface area contributed by atoms with Crippen molar-refractivity contribution in [1.29, 1.82) is 0 Å². The van der Waals surface area contributed by atoms with Gasteiger partial charge in [0.2, 0.25) is 0 Å². The van der Waals surface area contributed by atoms with E-state index in [0.29, 0.717) is 12.6 Å². The van der Waals surface area contributed by atoms with Crippen molar-refractivity contribution in [3.63, 3.8) is 0 Å². The minimum Gasteiger partial charge on any atom is -0.352 e. The van der Waals surface area contributed by atoms with E-state index < -0.39 is 6.03 Å². The van der Waals surface area contributed by atoms with Gasteiger partial charge in [-0.2, -0.15) is 0 Å². The fourth-order valence-electron chi connectivity index (χ4n) is 2.17. The molecule has 1 aliphatic rings. The van der Waals surface area contributed by atoms with E-state index in [9.17, 15) is 4.79 Å². The van der Waals surface area contributed by atoms with Crippen LogP contribution in [-0.4, -0.2) is 19.1 Å². The van der Waals surface area contributed by atoms with E-state index in [1.165, 1.54) is 16.9 Å². The zero-order chi connectivity index (χ0) is 12.3. The number of halogens is 1. The average molecular weight is 274 g/mol. The number of carbonyl (C=O) groups excluding carboxylic acids is 1. The highest BCUT2D eigenvalue weighted by molar-refractivity contribution is 7.16. The summed E-state index contributed by atoms with van der Waals surface area (Å²) in [7, 11) is 0. The van der Waals surface area contributed by atoms with E-state index in [1.807, 2.05) is 0 Å². The van der Waals surface area contributed by atoms with Crippen molar-refractivity contribution in [3.05, 3.63) is 20.8 Å². The first kappa shape index (κ1) is 12.7. The summed E-state index contributed by atoms with van der Waals surface area (Å²) in [6, 6.07) is 1.94. The highest BCUT2D eigenvalue weighted by Gasteiger charge is 2.21. The third-order valence-electron chi connectivity index (χ3n) is 2.90. The molecule has 1 aromatic heterocycles. The minimum atomic E-state index is -0.477. The predicted molar refractivity (Wildman–Crippen MR) is 70.6 cm³/mol. The van der Waals surface area contributed by atoms with Gasteiger partial charge in [0.1, 0.15) is 0 Å². The van der Waals surface area contributed by atoms with E-state index in [2.05, 4.69) is 16.7 Å². The largest absolute Gasteiger partial charge is 0.352 e. The summed E-state index contributed by atoms with van der Waals surface area (Å²) < 4.78 is 0.860. The zero-order valence-corrected chi connectivity index (χ0v) is 11.0. The van der Waals surface area contributed by atoms with Gasteiger partial charge in [-0.25, -0.2) is 4.79 Å². The van der Waals surface area contributed by atoms with Gasteiger partial charge in [-0.05, 0) is 30.9 Å². The van der Waals surface area contributed by atoms with Crippen LogP contribution < -0.4 is 16.4 Å². The summed E-state index contributed by atoms with van der Waals surface area (Å²) in [5.74, 6) is 0. The van der Waals surface area contributed by atoms with Crippen LogP contribution >= 0.6 is 22.9 Å². The van der Waals surface area contributed by atoms with Crippen molar-refractivity contribution in [2.24, 2.45) is 5.73 Å². The fraction of sp³-hybridized carbons (Fsp3) is 0.545. The standard InChI is InChI=1S/C11H16ClN3OS/c12-10-6-7-8(2-1-3-9(7)17-10)14-4-5-15-11(13)16/h6,8,14H,1-5H2,(H3,13,15,16). The molecule has 6 heteroatoms. The van der Waals surface area contributed by atoms with E-state index in [0.717, 1.165) is 23.7 Å². The highest BCUT2D eigenvalue weighted by atomic mass is 35.5. The lowest BCUT2D eigenvalue weighted by molar-refractivity contribution is 0.248. The molecule has 4 N–H and O–H groups in total. The molecule has 1 atom stereocenters. The van der Waals surface area contributed by atoms with Gasteiger partial charge in [0, 0.05) is 24.0 Å². The first-order chi connectivity index (χ1) is 8.16. The Bertz CT molecular complexity index is 407. The maximum atomic E-state index is 10.5. The van der Waals surface area contributed by atoms with Crippen LogP contribution in [0.25, 0.3) is 0 Å². The molecule has 1 aliphatic carbocycles. The average Bonchev–Trinajstić information content (AvgIpc) is 2.65. The van der Waals surface area contributed by atoms with E-state index in [-0.39, 0.29) is 0 Å². The Kier molecular flexibility index (Phi) is 4.25. The Morgan fingerprint density at radius 3 is 3.18 bits per heavy atom. The Morgan fingerprint density at radius 1 is 1.59 bits per heavy atom. The van der Waals surface area contributed by atoms with Crippen molar-refractivity contribution in [2.75, 3.05) is 13.1 Å². The number of hydrogen-bond donors (Lipinski definition) is 3. The lowest BCUT2D eigenvalue weighted by Crippen LogP contribution is -2.36. The minimum absolute atomic E-state index is 0.358. The Labute approximate surface area is 110 Å². The monoisotopic (exact) mass is 273 g/mol. The van der Waals surface area contributed by atoms with Crippen LogP contribution in [0.4, 0.5) is 4.79 Å². The molecule has 0 aromatic carbocycles. The van der Waals surface area contributed by atoms with Crippen molar-refractivity contribution in [1.82, 2.24) is 10.6 Å². The molecule has 0 aliphatic heterocycles. The van der Waals surface area contributed by atoms with Crippen LogP contribution in [0.5, 0.6) is 0 Å².